The lowest BCUT2D eigenvalue weighted by Crippen LogP contribution is -2.56. The number of piperazine rings is 1. The third kappa shape index (κ3) is 2.52. The summed E-state index contributed by atoms with van der Waals surface area (Å²) < 4.78 is 13.9. The highest BCUT2D eigenvalue weighted by Gasteiger charge is 2.35. The molecule has 2 aliphatic heterocycles. The van der Waals surface area contributed by atoms with Crippen molar-refractivity contribution in [3.05, 3.63) is 28.5 Å². The maximum absolute atomic E-state index is 13.4. The number of halogens is 2. The van der Waals surface area contributed by atoms with Crippen LogP contribution in [0.15, 0.2) is 22.7 Å². The molecule has 3 rings (SSSR count). The standard InChI is InChI=1S/C15H20BrFN2/c1-2-11-9-18-7-3-4-13(18)10-19(11)12-5-6-15(17)14(16)8-12/h5-6,8,11,13H,2-4,7,9-10H2,1H3. The van der Waals surface area contributed by atoms with Gasteiger partial charge in [0.2, 0.25) is 0 Å². The van der Waals surface area contributed by atoms with Crippen LogP contribution >= 0.6 is 15.9 Å². The molecule has 4 heteroatoms. The minimum absolute atomic E-state index is 0.184. The van der Waals surface area contributed by atoms with Gasteiger partial charge in [0.15, 0.2) is 0 Å². The second kappa shape index (κ2) is 5.41. The fourth-order valence-corrected chi connectivity index (χ4v) is 3.78. The minimum atomic E-state index is -0.184. The lowest BCUT2D eigenvalue weighted by Gasteiger charge is -2.45. The molecule has 104 valence electrons. The van der Waals surface area contributed by atoms with E-state index < -0.39 is 0 Å². The predicted molar refractivity (Wildman–Crippen MR) is 80.1 cm³/mol. The summed E-state index contributed by atoms with van der Waals surface area (Å²) in [6, 6.07) is 6.63. The number of rotatable bonds is 2. The summed E-state index contributed by atoms with van der Waals surface area (Å²) in [5, 5.41) is 0. The van der Waals surface area contributed by atoms with Crippen LogP contribution in [0.1, 0.15) is 26.2 Å². The van der Waals surface area contributed by atoms with Crippen molar-refractivity contribution in [3.8, 4) is 0 Å². The Morgan fingerprint density at radius 2 is 2.21 bits per heavy atom. The summed E-state index contributed by atoms with van der Waals surface area (Å²) >= 11 is 3.30. The number of hydrogen-bond acceptors (Lipinski definition) is 2. The highest BCUT2D eigenvalue weighted by Crippen LogP contribution is 2.31. The molecule has 2 atom stereocenters. The Morgan fingerprint density at radius 1 is 1.37 bits per heavy atom. The molecular formula is C15H20BrFN2. The van der Waals surface area contributed by atoms with Crippen LogP contribution in [-0.2, 0) is 0 Å². The summed E-state index contributed by atoms with van der Waals surface area (Å²) in [5.74, 6) is -0.184. The van der Waals surface area contributed by atoms with Gasteiger partial charge in [-0.25, -0.2) is 4.39 Å². The van der Waals surface area contributed by atoms with E-state index in [1.807, 2.05) is 12.1 Å². The lowest BCUT2D eigenvalue weighted by molar-refractivity contribution is 0.194. The van der Waals surface area contributed by atoms with Crippen LogP contribution in [0.3, 0.4) is 0 Å². The van der Waals surface area contributed by atoms with Crippen molar-refractivity contribution in [3.63, 3.8) is 0 Å². The van der Waals surface area contributed by atoms with Crippen molar-refractivity contribution >= 4 is 21.6 Å². The normalized spacial score (nSPS) is 27.6. The zero-order chi connectivity index (χ0) is 13.4. The van der Waals surface area contributed by atoms with E-state index in [2.05, 4.69) is 32.7 Å². The molecule has 0 saturated carbocycles. The van der Waals surface area contributed by atoms with Crippen LogP contribution in [-0.4, -0.2) is 36.6 Å². The molecule has 0 bridgehead atoms. The maximum atomic E-state index is 13.4. The Kier molecular flexibility index (Phi) is 3.81. The predicted octanol–water partition coefficient (Wildman–Crippen LogP) is 3.65. The van der Waals surface area contributed by atoms with E-state index in [1.54, 1.807) is 6.07 Å². The molecule has 2 aliphatic rings. The van der Waals surface area contributed by atoms with Crippen molar-refractivity contribution < 1.29 is 4.39 Å². The zero-order valence-electron chi connectivity index (χ0n) is 11.3. The fraction of sp³-hybridized carbons (Fsp3) is 0.600. The van der Waals surface area contributed by atoms with Crippen LogP contribution in [0, 0.1) is 5.82 Å². The van der Waals surface area contributed by atoms with E-state index in [1.165, 1.54) is 19.4 Å². The minimum Gasteiger partial charge on any atom is -0.366 e. The maximum Gasteiger partial charge on any atom is 0.137 e. The lowest BCUT2D eigenvalue weighted by atomic mass is 10.0. The smallest absolute Gasteiger partial charge is 0.137 e. The summed E-state index contributed by atoms with van der Waals surface area (Å²) in [5.41, 5.74) is 1.15. The molecule has 0 radical (unpaired) electrons. The van der Waals surface area contributed by atoms with Gasteiger partial charge in [-0.05, 0) is 59.9 Å². The van der Waals surface area contributed by atoms with Crippen molar-refractivity contribution in [2.45, 2.75) is 38.3 Å². The number of benzene rings is 1. The van der Waals surface area contributed by atoms with Crippen LogP contribution in [0.2, 0.25) is 0 Å². The Bertz CT molecular complexity index is 465. The third-order valence-corrected chi connectivity index (χ3v) is 5.11. The zero-order valence-corrected chi connectivity index (χ0v) is 12.9. The number of hydrogen-bond donors (Lipinski definition) is 0. The topological polar surface area (TPSA) is 6.48 Å². The number of nitrogens with zero attached hydrogens (tertiary/aromatic N) is 2. The van der Waals surface area contributed by atoms with Gasteiger partial charge in [-0.3, -0.25) is 4.90 Å². The molecule has 0 amide bonds. The van der Waals surface area contributed by atoms with E-state index in [4.69, 9.17) is 0 Å². The van der Waals surface area contributed by atoms with Gasteiger partial charge in [0.1, 0.15) is 5.82 Å². The van der Waals surface area contributed by atoms with Gasteiger partial charge in [-0.2, -0.15) is 0 Å². The van der Waals surface area contributed by atoms with Crippen molar-refractivity contribution in [1.29, 1.82) is 0 Å². The van der Waals surface area contributed by atoms with E-state index in [-0.39, 0.29) is 5.82 Å². The first-order chi connectivity index (χ1) is 9.19. The summed E-state index contributed by atoms with van der Waals surface area (Å²) in [6.45, 7) is 5.72. The van der Waals surface area contributed by atoms with E-state index in [0.717, 1.165) is 25.2 Å². The first kappa shape index (κ1) is 13.4. The Labute approximate surface area is 122 Å². The molecular weight excluding hydrogens is 307 g/mol. The first-order valence-corrected chi connectivity index (χ1v) is 7.94. The van der Waals surface area contributed by atoms with Gasteiger partial charge in [0, 0.05) is 30.9 Å². The average Bonchev–Trinajstić information content (AvgIpc) is 2.87. The fourth-order valence-electron chi connectivity index (χ4n) is 3.42. The summed E-state index contributed by atoms with van der Waals surface area (Å²) in [7, 11) is 0. The van der Waals surface area contributed by atoms with Crippen LogP contribution in [0.4, 0.5) is 10.1 Å². The molecule has 19 heavy (non-hydrogen) atoms. The van der Waals surface area contributed by atoms with Crippen molar-refractivity contribution in [2.24, 2.45) is 0 Å². The second-order valence-corrected chi connectivity index (χ2v) is 6.46. The van der Waals surface area contributed by atoms with Gasteiger partial charge >= 0.3 is 0 Å². The Hall–Kier alpha value is -0.610. The molecule has 0 aliphatic carbocycles. The van der Waals surface area contributed by atoms with Gasteiger partial charge in [0.25, 0.3) is 0 Å². The van der Waals surface area contributed by atoms with Gasteiger partial charge in [0.05, 0.1) is 4.47 Å². The van der Waals surface area contributed by atoms with Crippen LogP contribution < -0.4 is 4.90 Å². The Morgan fingerprint density at radius 3 is 2.95 bits per heavy atom. The molecule has 2 fully saturated rings. The average molecular weight is 327 g/mol. The van der Waals surface area contributed by atoms with Crippen molar-refractivity contribution in [2.75, 3.05) is 24.5 Å². The molecule has 2 nitrogen and oxygen atoms in total. The van der Waals surface area contributed by atoms with E-state index >= 15 is 0 Å². The second-order valence-electron chi connectivity index (χ2n) is 5.60. The number of anilines is 1. The number of fused-ring (bicyclic) bond motifs is 1. The molecule has 1 aromatic carbocycles. The van der Waals surface area contributed by atoms with E-state index in [9.17, 15) is 4.39 Å². The van der Waals surface area contributed by atoms with Gasteiger partial charge < -0.3 is 4.90 Å². The Balaban J connectivity index is 1.86. The largest absolute Gasteiger partial charge is 0.366 e. The summed E-state index contributed by atoms with van der Waals surface area (Å²) in [4.78, 5) is 5.10. The van der Waals surface area contributed by atoms with E-state index in [0.29, 0.717) is 16.6 Å². The highest BCUT2D eigenvalue weighted by molar-refractivity contribution is 9.10. The van der Waals surface area contributed by atoms with Gasteiger partial charge in [-0.15, -0.1) is 0 Å². The molecule has 2 saturated heterocycles. The van der Waals surface area contributed by atoms with Crippen LogP contribution in [0.5, 0.6) is 0 Å². The monoisotopic (exact) mass is 326 g/mol. The van der Waals surface area contributed by atoms with Crippen LogP contribution in [0.25, 0.3) is 0 Å². The molecule has 0 N–H and O–H groups in total. The van der Waals surface area contributed by atoms with Crippen molar-refractivity contribution in [1.82, 2.24) is 4.90 Å². The SMILES string of the molecule is CCC1CN2CCCC2CN1c1ccc(F)c(Br)c1. The molecule has 0 aromatic heterocycles. The third-order valence-electron chi connectivity index (χ3n) is 4.50. The molecule has 2 heterocycles. The first-order valence-electron chi connectivity index (χ1n) is 7.14. The quantitative estimate of drug-likeness (QED) is 0.818. The van der Waals surface area contributed by atoms with Gasteiger partial charge in [-0.1, -0.05) is 6.92 Å². The molecule has 0 spiro atoms. The molecule has 2 unspecified atom stereocenters. The summed E-state index contributed by atoms with van der Waals surface area (Å²) in [6.07, 6.45) is 3.76. The molecule has 1 aromatic rings. The highest BCUT2D eigenvalue weighted by atomic mass is 79.9.